The number of rotatable bonds is 14. The van der Waals surface area contributed by atoms with E-state index in [2.05, 4.69) is 25.5 Å². The van der Waals surface area contributed by atoms with Crippen molar-refractivity contribution < 1.29 is 47.0 Å². The quantitative estimate of drug-likeness (QED) is 0.195. The SMILES string of the molecule is COc1cc(OC2CC(N(CC(F)F)CC3CCN(c4cnc(C(=O)NC5C(C)(C)C(Oc6ccc(C#N)c(Cl)c6)C5(C)C)cn4)CC3)C2)cc2c1C(=O)N([C@@H]1CCC(=O)NC1=O)C2=O. The maximum absolute atomic E-state index is 13.9. The molecule has 3 aliphatic heterocycles. The first-order valence-corrected chi connectivity index (χ1v) is 22.1. The molecule has 344 valence electrons. The largest absolute Gasteiger partial charge is 0.496 e. The molecular weight excluding hydrogens is 866 g/mol. The van der Waals surface area contributed by atoms with Crippen LogP contribution in [0.1, 0.15) is 103 Å². The van der Waals surface area contributed by atoms with Crippen molar-refractivity contribution in [2.24, 2.45) is 16.7 Å². The third-order valence-corrected chi connectivity index (χ3v) is 14.0. The minimum atomic E-state index is -2.53. The van der Waals surface area contributed by atoms with Crippen LogP contribution in [0.15, 0.2) is 42.7 Å². The first kappa shape index (κ1) is 45.6. The summed E-state index contributed by atoms with van der Waals surface area (Å²) >= 11 is 6.23. The normalized spacial score (nSPS) is 24.8. The van der Waals surface area contributed by atoms with Crippen LogP contribution in [0.4, 0.5) is 14.6 Å². The van der Waals surface area contributed by atoms with E-state index in [1.165, 1.54) is 25.4 Å². The number of methoxy groups -OCH3 is 1. The Morgan fingerprint density at radius 1 is 1.00 bits per heavy atom. The average Bonchev–Trinajstić information content (AvgIpc) is 3.50. The predicted octanol–water partition coefficient (Wildman–Crippen LogP) is 5.42. The van der Waals surface area contributed by atoms with Crippen molar-refractivity contribution in [1.29, 1.82) is 5.26 Å². The maximum Gasteiger partial charge on any atom is 0.271 e. The average molecular weight is 917 g/mol. The highest BCUT2D eigenvalue weighted by atomic mass is 35.5. The van der Waals surface area contributed by atoms with E-state index in [-0.39, 0.29) is 83.8 Å². The van der Waals surface area contributed by atoms with E-state index in [1.54, 1.807) is 24.4 Å². The van der Waals surface area contributed by atoms with E-state index in [0.717, 1.165) is 17.7 Å². The van der Waals surface area contributed by atoms with Crippen molar-refractivity contribution in [3.05, 3.63) is 70.1 Å². The third-order valence-electron chi connectivity index (χ3n) is 13.7. The number of carbonyl (C=O) groups is 5. The van der Waals surface area contributed by atoms with Gasteiger partial charge in [-0.05, 0) is 43.4 Å². The highest BCUT2D eigenvalue weighted by molar-refractivity contribution is 6.31. The fourth-order valence-electron chi connectivity index (χ4n) is 10.5. The van der Waals surface area contributed by atoms with Crippen LogP contribution in [0.5, 0.6) is 17.2 Å². The van der Waals surface area contributed by atoms with E-state index in [0.29, 0.717) is 54.6 Å². The molecule has 4 fully saturated rings. The summed E-state index contributed by atoms with van der Waals surface area (Å²) in [7, 11) is 1.35. The molecule has 2 aromatic carbocycles. The topological polar surface area (TPSA) is 196 Å². The summed E-state index contributed by atoms with van der Waals surface area (Å²) in [6.07, 6.45) is 2.40. The van der Waals surface area contributed by atoms with Crippen molar-refractivity contribution in [2.45, 2.75) is 103 Å². The Morgan fingerprint density at radius 2 is 1.72 bits per heavy atom. The lowest BCUT2D eigenvalue weighted by Crippen LogP contribution is -2.74. The molecule has 8 rings (SSSR count). The minimum absolute atomic E-state index is 0.00783. The third kappa shape index (κ3) is 8.80. The fourth-order valence-corrected chi connectivity index (χ4v) is 10.7. The molecule has 1 aromatic heterocycles. The van der Waals surface area contributed by atoms with Gasteiger partial charge in [0.25, 0.3) is 24.1 Å². The number of anilines is 1. The van der Waals surface area contributed by atoms with Crippen LogP contribution in [0.3, 0.4) is 0 Å². The Bertz CT molecular complexity index is 2420. The van der Waals surface area contributed by atoms with Gasteiger partial charge in [-0.3, -0.25) is 39.1 Å². The van der Waals surface area contributed by atoms with Gasteiger partial charge in [0, 0.05) is 73.9 Å². The van der Waals surface area contributed by atoms with Crippen LogP contribution in [0.2, 0.25) is 5.02 Å². The second-order valence-corrected chi connectivity index (χ2v) is 19.1. The standard InChI is InChI=1S/C46H51ClF2N8O8/c1-45(2)43(46(3,4)44(45)65-27-7-6-25(19-50)31(47)17-27)54-39(59)32-20-52-36(21-51-32)55-12-10-24(11-13-55)22-56(23-35(48)49)26-14-28(15-26)64-29-16-30-38(34(18-29)63-5)42(62)57(41(30)61)33-8-9-37(58)53-40(33)60/h6-7,16-18,20-21,24,26,28,33,35,43-44H,8-15,22-23H2,1-5H3,(H,54,59)(H,53,58,60)/t26?,28?,33-,43?,44?/m1/s1. The van der Waals surface area contributed by atoms with E-state index in [4.69, 9.17) is 25.8 Å². The molecule has 16 nitrogen and oxygen atoms in total. The summed E-state index contributed by atoms with van der Waals surface area (Å²) in [5.41, 5.74) is -0.331. The Morgan fingerprint density at radius 3 is 2.34 bits per heavy atom. The summed E-state index contributed by atoms with van der Waals surface area (Å²) in [5.74, 6) is -1.22. The lowest BCUT2D eigenvalue weighted by atomic mass is 9.49. The molecule has 2 N–H and O–H groups in total. The second kappa shape index (κ2) is 17.8. The Balaban J connectivity index is 0.820. The number of amides is 5. The number of imide groups is 2. The molecule has 0 unspecified atom stereocenters. The van der Waals surface area contributed by atoms with Crippen LogP contribution in [0, 0.1) is 28.1 Å². The molecule has 4 heterocycles. The molecule has 19 heteroatoms. The number of ether oxygens (including phenoxy) is 3. The fraction of sp³-hybridized carbons (Fsp3) is 0.522. The van der Waals surface area contributed by atoms with Gasteiger partial charge in [0.05, 0.1) is 47.8 Å². The highest BCUT2D eigenvalue weighted by Crippen LogP contribution is 2.55. The summed E-state index contributed by atoms with van der Waals surface area (Å²) in [6.45, 7) is 9.49. The molecule has 0 radical (unpaired) electrons. The van der Waals surface area contributed by atoms with Crippen molar-refractivity contribution in [2.75, 3.05) is 38.2 Å². The number of halogens is 3. The van der Waals surface area contributed by atoms with Crippen LogP contribution < -0.4 is 29.7 Å². The summed E-state index contributed by atoms with van der Waals surface area (Å²) in [5, 5.41) is 14.8. The lowest BCUT2D eigenvalue weighted by Gasteiger charge is -2.63. The highest BCUT2D eigenvalue weighted by Gasteiger charge is 2.64. The number of hydrogen-bond acceptors (Lipinski definition) is 13. The molecule has 5 aliphatic rings. The Kier molecular flexibility index (Phi) is 12.5. The molecule has 0 spiro atoms. The molecule has 2 saturated heterocycles. The molecule has 2 aliphatic carbocycles. The van der Waals surface area contributed by atoms with E-state index >= 15 is 0 Å². The molecule has 3 aromatic rings. The van der Waals surface area contributed by atoms with Gasteiger partial charge in [0.15, 0.2) is 0 Å². The molecule has 5 amide bonds. The number of fused-ring (bicyclic) bond motifs is 1. The van der Waals surface area contributed by atoms with Gasteiger partial charge in [0.1, 0.15) is 53.1 Å². The molecule has 65 heavy (non-hydrogen) atoms. The van der Waals surface area contributed by atoms with Gasteiger partial charge in [-0.25, -0.2) is 18.7 Å². The summed E-state index contributed by atoms with van der Waals surface area (Å²) < 4.78 is 45.8. The number of nitrogens with zero attached hydrogens (tertiary/aromatic N) is 6. The van der Waals surface area contributed by atoms with Gasteiger partial charge < -0.3 is 24.4 Å². The number of nitrogens with one attached hydrogen (secondary N) is 2. The number of hydrogen-bond donors (Lipinski definition) is 2. The van der Waals surface area contributed by atoms with Crippen molar-refractivity contribution in [3.8, 4) is 23.3 Å². The van der Waals surface area contributed by atoms with Gasteiger partial charge in [-0.15, -0.1) is 0 Å². The van der Waals surface area contributed by atoms with Gasteiger partial charge in [-0.1, -0.05) is 39.3 Å². The monoisotopic (exact) mass is 916 g/mol. The number of piperidine rings is 2. The van der Waals surface area contributed by atoms with Gasteiger partial charge >= 0.3 is 0 Å². The number of alkyl halides is 2. The van der Waals surface area contributed by atoms with Gasteiger partial charge in [0.2, 0.25) is 11.8 Å². The molecular formula is C46H51ClF2N8O8. The maximum atomic E-state index is 13.9. The second-order valence-electron chi connectivity index (χ2n) is 18.7. The van der Waals surface area contributed by atoms with E-state index < -0.39 is 46.9 Å². The van der Waals surface area contributed by atoms with E-state index in [1.807, 2.05) is 38.7 Å². The first-order valence-electron chi connectivity index (χ1n) is 21.8. The number of nitriles is 1. The summed E-state index contributed by atoms with van der Waals surface area (Å²) in [4.78, 5) is 78.3. The zero-order chi connectivity index (χ0) is 46.5. The van der Waals surface area contributed by atoms with Crippen LogP contribution in [0.25, 0.3) is 0 Å². The minimum Gasteiger partial charge on any atom is -0.496 e. The van der Waals surface area contributed by atoms with Crippen LogP contribution >= 0.6 is 11.6 Å². The Labute approximate surface area is 379 Å². The molecule has 2 saturated carbocycles. The number of aromatic nitrogens is 2. The summed E-state index contributed by atoms with van der Waals surface area (Å²) in [6, 6.07) is 8.42. The number of carbonyl (C=O) groups excluding carboxylic acids is 5. The van der Waals surface area contributed by atoms with Crippen LogP contribution in [-0.2, 0) is 9.59 Å². The molecule has 1 atom stereocenters. The molecule has 0 bridgehead atoms. The van der Waals surface area contributed by atoms with Gasteiger partial charge in [-0.2, -0.15) is 5.26 Å². The first-order chi connectivity index (χ1) is 30.9. The van der Waals surface area contributed by atoms with E-state index in [9.17, 15) is 38.0 Å². The predicted molar refractivity (Wildman–Crippen MR) is 231 cm³/mol. The van der Waals surface area contributed by atoms with Crippen LogP contribution in [-0.4, -0.2) is 119 Å². The zero-order valence-electron chi connectivity index (χ0n) is 36.7. The number of benzene rings is 2. The smallest absolute Gasteiger partial charge is 0.271 e. The lowest BCUT2D eigenvalue weighted by molar-refractivity contribution is -0.164. The van der Waals surface area contributed by atoms with Crippen molar-refractivity contribution in [3.63, 3.8) is 0 Å². The zero-order valence-corrected chi connectivity index (χ0v) is 37.5. The van der Waals surface area contributed by atoms with Crippen molar-refractivity contribution in [1.82, 2.24) is 30.4 Å². The Hall–Kier alpha value is -5.93. The van der Waals surface area contributed by atoms with Crippen molar-refractivity contribution >= 4 is 47.0 Å².